The number of fused-ring (bicyclic) bond motifs is 1. The van der Waals surface area contributed by atoms with Crippen LogP contribution in [0.2, 0.25) is 5.02 Å². The Kier molecular flexibility index (Phi) is 2.77. The van der Waals surface area contributed by atoms with Crippen molar-refractivity contribution in [2.45, 2.75) is 0 Å². The van der Waals surface area contributed by atoms with Gasteiger partial charge in [0, 0.05) is 10.4 Å². The summed E-state index contributed by atoms with van der Waals surface area (Å²) in [6, 6.07) is 4.40. The summed E-state index contributed by atoms with van der Waals surface area (Å²) in [6.07, 6.45) is 0. The molecule has 0 bridgehead atoms. The first-order chi connectivity index (χ1) is 8.04. The van der Waals surface area contributed by atoms with Crippen LogP contribution in [0.25, 0.3) is 10.8 Å². The van der Waals surface area contributed by atoms with Crippen LogP contribution in [0.4, 0.5) is 0 Å². The van der Waals surface area contributed by atoms with Crippen molar-refractivity contribution in [2.75, 3.05) is 7.11 Å². The lowest BCUT2D eigenvalue weighted by atomic mass is 10.1. The first kappa shape index (κ1) is 11.5. The molecule has 17 heavy (non-hydrogen) atoms. The predicted molar refractivity (Wildman–Crippen MR) is 62.6 cm³/mol. The van der Waals surface area contributed by atoms with Gasteiger partial charge in [0.05, 0.1) is 12.5 Å². The van der Waals surface area contributed by atoms with Crippen molar-refractivity contribution < 1.29 is 14.6 Å². The highest BCUT2D eigenvalue weighted by Crippen LogP contribution is 2.27. The van der Waals surface area contributed by atoms with E-state index >= 15 is 0 Å². The van der Waals surface area contributed by atoms with Crippen molar-refractivity contribution in [3.05, 3.63) is 39.3 Å². The number of aromatic hydroxyl groups is 1. The minimum absolute atomic E-state index is 0.210. The normalized spacial score (nSPS) is 10.5. The van der Waals surface area contributed by atoms with Gasteiger partial charge in [0.2, 0.25) is 0 Å². The van der Waals surface area contributed by atoms with Crippen LogP contribution in [-0.2, 0) is 4.74 Å². The summed E-state index contributed by atoms with van der Waals surface area (Å²) in [5.41, 5.74) is -0.776. The van der Waals surface area contributed by atoms with Crippen LogP contribution in [-0.4, -0.2) is 23.2 Å². The van der Waals surface area contributed by atoms with Gasteiger partial charge in [-0.05, 0) is 18.2 Å². The molecule has 0 atom stereocenters. The molecule has 0 amide bonds. The van der Waals surface area contributed by atoms with Gasteiger partial charge in [-0.3, -0.25) is 4.79 Å². The summed E-state index contributed by atoms with van der Waals surface area (Å²) in [4.78, 5) is 25.3. The van der Waals surface area contributed by atoms with E-state index in [4.69, 9.17) is 11.6 Å². The van der Waals surface area contributed by atoms with E-state index in [1.807, 2.05) is 0 Å². The zero-order valence-corrected chi connectivity index (χ0v) is 9.54. The van der Waals surface area contributed by atoms with Crippen LogP contribution in [0.3, 0.4) is 0 Å². The van der Waals surface area contributed by atoms with Gasteiger partial charge in [-0.1, -0.05) is 11.6 Å². The molecular formula is C11H8ClNO4. The molecule has 0 fully saturated rings. The second kappa shape index (κ2) is 4.10. The van der Waals surface area contributed by atoms with Crippen LogP contribution < -0.4 is 5.56 Å². The van der Waals surface area contributed by atoms with Crippen molar-refractivity contribution in [1.29, 1.82) is 0 Å². The maximum Gasteiger partial charge on any atom is 0.358 e. The lowest BCUT2D eigenvalue weighted by Crippen LogP contribution is -2.14. The molecule has 88 valence electrons. The van der Waals surface area contributed by atoms with Crippen LogP contribution in [0.15, 0.2) is 23.0 Å². The fourth-order valence-electron chi connectivity index (χ4n) is 1.53. The zero-order chi connectivity index (χ0) is 12.6. The summed E-state index contributed by atoms with van der Waals surface area (Å²) in [5.74, 6) is -1.17. The van der Waals surface area contributed by atoms with E-state index in [1.165, 1.54) is 18.2 Å². The Morgan fingerprint density at radius 3 is 2.76 bits per heavy atom. The van der Waals surface area contributed by atoms with Gasteiger partial charge in [0.15, 0.2) is 11.4 Å². The van der Waals surface area contributed by atoms with Crippen molar-refractivity contribution in [3.63, 3.8) is 0 Å². The second-order valence-electron chi connectivity index (χ2n) is 3.36. The molecule has 0 saturated carbocycles. The third-order valence-corrected chi connectivity index (χ3v) is 2.58. The number of hydrogen-bond donors (Lipinski definition) is 2. The molecule has 1 aromatic carbocycles. The summed E-state index contributed by atoms with van der Waals surface area (Å²) >= 11 is 5.77. The number of carbonyl (C=O) groups excluding carboxylic acids is 1. The fraction of sp³-hybridized carbons (Fsp3) is 0.0909. The van der Waals surface area contributed by atoms with Crippen molar-refractivity contribution in [1.82, 2.24) is 4.98 Å². The van der Waals surface area contributed by atoms with Gasteiger partial charge in [0.25, 0.3) is 5.56 Å². The Labute approximate surface area is 101 Å². The lowest BCUT2D eigenvalue weighted by molar-refractivity contribution is 0.0590. The molecule has 1 heterocycles. The largest absolute Gasteiger partial charge is 0.505 e. The number of hydrogen-bond acceptors (Lipinski definition) is 4. The quantitative estimate of drug-likeness (QED) is 0.758. The second-order valence-corrected chi connectivity index (χ2v) is 3.80. The first-order valence-corrected chi connectivity index (χ1v) is 5.05. The van der Waals surface area contributed by atoms with Crippen molar-refractivity contribution >= 4 is 28.3 Å². The fourth-order valence-corrected chi connectivity index (χ4v) is 1.71. The molecule has 0 aliphatic carbocycles. The Balaban J connectivity index is 2.88. The van der Waals surface area contributed by atoms with E-state index in [2.05, 4.69) is 9.72 Å². The van der Waals surface area contributed by atoms with E-state index < -0.39 is 11.5 Å². The van der Waals surface area contributed by atoms with Gasteiger partial charge in [-0.2, -0.15) is 0 Å². The Hall–Kier alpha value is -2.01. The zero-order valence-electron chi connectivity index (χ0n) is 8.78. The molecule has 0 aliphatic rings. The number of aromatic amines is 1. The molecule has 5 nitrogen and oxygen atoms in total. The first-order valence-electron chi connectivity index (χ1n) is 4.67. The predicted octanol–water partition coefficient (Wildman–Crippen LogP) is 1.67. The third kappa shape index (κ3) is 1.85. The molecule has 0 spiro atoms. The number of pyridine rings is 1. The van der Waals surface area contributed by atoms with E-state index in [0.717, 1.165) is 7.11 Å². The van der Waals surface area contributed by atoms with E-state index in [0.29, 0.717) is 5.02 Å². The molecule has 2 rings (SSSR count). The van der Waals surface area contributed by atoms with Crippen LogP contribution in [0.5, 0.6) is 5.75 Å². The third-order valence-electron chi connectivity index (χ3n) is 2.35. The monoisotopic (exact) mass is 253 g/mol. The highest BCUT2D eigenvalue weighted by molar-refractivity contribution is 6.31. The Morgan fingerprint density at radius 1 is 1.41 bits per heavy atom. The SMILES string of the molecule is COC(=O)c1[nH]c(=O)c2ccc(Cl)cc2c1O. The number of nitrogens with one attached hydrogen (secondary N) is 1. The van der Waals surface area contributed by atoms with Gasteiger partial charge < -0.3 is 14.8 Å². The van der Waals surface area contributed by atoms with Crippen molar-refractivity contribution in [3.8, 4) is 5.75 Å². The molecule has 0 aliphatic heterocycles. The van der Waals surface area contributed by atoms with E-state index in [1.54, 1.807) is 0 Å². The van der Waals surface area contributed by atoms with Gasteiger partial charge in [-0.25, -0.2) is 4.79 Å². The Morgan fingerprint density at radius 2 is 2.12 bits per heavy atom. The van der Waals surface area contributed by atoms with Crippen LogP contribution in [0.1, 0.15) is 10.5 Å². The molecule has 2 aromatic rings. The minimum Gasteiger partial charge on any atom is -0.505 e. The number of carbonyl (C=O) groups is 1. The lowest BCUT2D eigenvalue weighted by Gasteiger charge is -2.06. The molecule has 2 N–H and O–H groups in total. The van der Waals surface area contributed by atoms with E-state index in [9.17, 15) is 14.7 Å². The van der Waals surface area contributed by atoms with Gasteiger partial charge in [-0.15, -0.1) is 0 Å². The number of benzene rings is 1. The molecular weight excluding hydrogens is 246 g/mol. The molecule has 0 unspecified atom stereocenters. The summed E-state index contributed by atoms with van der Waals surface area (Å²) in [6.45, 7) is 0. The smallest absolute Gasteiger partial charge is 0.358 e. The average Bonchev–Trinajstić information content (AvgIpc) is 2.32. The number of aromatic nitrogens is 1. The summed E-state index contributed by atoms with van der Waals surface area (Å²) in [7, 11) is 1.16. The highest BCUT2D eigenvalue weighted by Gasteiger charge is 2.17. The van der Waals surface area contributed by atoms with Crippen molar-refractivity contribution in [2.24, 2.45) is 0 Å². The maximum atomic E-state index is 11.7. The molecule has 0 saturated heterocycles. The molecule has 0 radical (unpaired) electrons. The topological polar surface area (TPSA) is 79.4 Å². The average molecular weight is 254 g/mol. The van der Waals surface area contributed by atoms with E-state index in [-0.39, 0.29) is 22.2 Å². The number of halogens is 1. The van der Waals surface area contributed by atoms with Gasteiger partial charge in [0.1, 0.15) is 0 Å². The molecule has 1 aromatic heterocycles. The summed E-state index contributed by atoms with van der Waals surface area (Å²) in [5, 5.41) is 10.7. The van der Waals surface area contributed by atoms with Gasteiger partial charge >= 0.3 is 5.97 Å². The minimum atomic E-state index is -0.818. The number of rotatable bonds is 1. The molecule has 6 heteroatoms. The maximum absolute atomic E-state index is 11.7. The number of esters is 1. The number of ether oxygens (including phenoxy) is 1. The highest BCUT2D eigenvalue weighted by atomic mass is 35.5. The number of H-pyrrole nitrogens is 1. The van der Waals surface area contributed by atoms with Crippen LogP contribution >= 0.6 is 11.6 Å². The number of methoxy groups -OCH3 is 1. The standard InChI is InChI=1S/C11H8ClNO4/c1-17-11(16)8-9(14)7-4-5(12)2-3-6(7)10(15)13-8/h2-4,14H,1H3,(H,13,15). The Bertz CT molecular complexity index is 662. The van der Waals surface area contributed by atoms with Crippen LogP contribution in [0, 0.1) is 0 Å². The summed E-state index contributed by atoms with van der Waals surface area (Å²) < 4.78 is 4.45.